The number of halogens is 1. The third kappa shape index (κ3) is 2.54. The average molecular weight is 329 g/mol. The van der Waals surface area contributed by atoms with E-state index >= 15 is 0 Å². The first-order chi connectivity index (χ1) is 11.7. The lowest BCUT2D eigenvalue weighted by Crippen LogP contribution is -2.38. The van der Waals surface area contributed by atoms with Crippen LogP contribution >= 0.6 is 0 Å². The van der Waals surface area contributed by atoms with Crippen molar-refractivity contribution in [1.82, 2.24) is 19.9 Å². The minimum Gasteiger partial charge on any atom is -0.486 e. The molecule has 1 saturated heterocycles. The van der Waals surface area contributed by atoms with Gasteiger partial charge in [0.2, 0.25) is 0 Å². The van der Waals surface area contributed by atoms with E-state index in [0.717, 1.165) is 43.4 Å². The van der Waals surface area contributed by atoms with Crippen LogP contribution in [0.15, 0.2) is 18.5 Å². The number of rotatable bonds is 3. The van der Waals surface area contributed by atoms with E-state index in [1.54, 1.807) is 6.20 Å². The zero-order valence-electron chi connectivity index (χ0n) is 13.6. The van der Waals surface area contributed by atoms with Crippen molar-refractivity contribution in [2.24, 2.45) is 0 Å². The molecule has 1 aliphatic heterocycles. The average Bonchev–Trinajstić information content (AvgIpc) is 2.96. The van der Waals surface area contributed by atoms with Gasteiger partial charge in [-0.2, -0.15) is 0 Å². The fourth-order valence-corrected chi connectivity index (χ4v) is 3.36. The maximum Gasteiger partial charge on any atom is 0.171 e. The molecule has 4 rings (SSSR count). The van der Waals surface area contributed by atoms with Gasteiger partial charge >= 0.3 is 0 Å². The minimum atomic E-state index is -0.388. The summed E-state index contributed by atoms with van der Waals surface area (Å²) in [4.78, 5) is 13.8. The maximum atomic E-state index is 13.6. The van der Waals surface area contributed by atoms with Crippen LogP contribution in [0.25, 0.3) is 21.9 Å². The summed E-state index contributed by atoms with van der Waals surface area (Å²) >= 11 is 0. The third-order valence-electron chi connectivity index (χ3n) is 4.70. The standard InChI is InChI=1S/C17H20FN5O/c1-2-23-5-3-11(4-6-23)24-15-14-12-7-10(18)8-21-17(12)22-13(14)9-20-16(15)19/h7-9,11H,2-6H2,1H3,(H2,19,20)(H,21,22). The summed E-state index contributed by atoms with van der Waals surface area (Å²) in [5.74, 6) is 0.465. The minimum absolute atomic E-state index is 0.0916. The number of H-pyrrole nitrogens is 1. The molecule has 0 spiro atoms. The Morgan fingerprint density at radius 2 is 2.12 bits per heavy atom. The zero-order valence-corrected chi connectivity index (χ0v) is 13.6. The number of aromatic amines is 1. The second-order valence-corrected chi connectivity index (χ2v) is 6.19. The van der Waals surface area contributed by atoms with Crippen molar-refractivity contribution in [2.45, 2.75) is 25.9 Å². The number of aromatic nitrogens is 3. The van der Waals surface area contributed by atoms with Gasteiger partial charge in [0.05, 0.1) is 23.3 Å². The van der Waals surface area contributed by atoms with Crippen LogP contribution in [0.4, 0.5) is 10.2 Å². The number of pyridine rings is 2. The van der Waals surface area contributed by atoms with Crippen molar-refractivity contribution in [3.05, 3.63) is 24.3 Å². The fraction of sp³-hybridized carbons (Fsp3) is 0.412. The number of likely N-dealkylation sites (tertiary alicyclic amines) is 1. The molecule has 3 aromatic rings. The van der Waals surface area contributed by atoms with Crippen molar-refractivity contribution >= 4 is 27.8 Å². The van der Waals surface area contributed by atoms with Gasteiger partial charge < -0.3 is 20.4 Å². The molecule has 4 heterocycles. The highest BCUT2D eigenvalue weighted by Crippen LogP contribution is 2.37. The Hall–Kier alpha value is -2.41. The first-order valence-electron chi connectivity index (χ1n) is 8.26. The lowest BCUT2D eigenvalue weighted by atomic mass is 10.1. The first kappa shape index (κ1) is 15.1. The Balaban J connectivity index is 1.75. The number of nitrogens with two attached hydrogens (primary N) is 1. The van der Waals surface area contributed by atoms with E-state index in [2.05, 4.69) is 26.8 Å². The molecule has 3 N–H and O–H groups in total. The molecule has 3 aromatic heterocycles. The number of nitrogens with one attached hydrogen (secondary N) is 1. The number of fused-ring (bicyclic) bond motifs is 3. The van der Waals surface area contributed by atoms with Crippen LogP contribution in [0.3, 0.4) is 0 Å². The molecular formula is C17H20FN5O. The van der Waals surface area contributed by atoms with E-state index in [4.69, 9.17) is 10.5 Å². The van der Waals surface area contributed by atoms with E-state index in [9.17, 15) is 4.39 Å². The van der Waals surface area contributed by atoms with Crippen LogP contribution < -0.4 is 10.5 Å². The molecule has 0 unspecified atom stereocenters. The van der Waals surface area contributed by atoms with E-state index < -0.39 is 0 Å². The summed E-state index contributed by atoms with van der Waals surface area (Å²) in [5, 5.41) is 1.42. The summed E-state index contributed by atoms with van der Waals surface area (Å²) in [6, 6.07) is 1.45. The number of anilines is 1. The zero-order chi connectivity index (χ0) is 16.7. The van der Waals surface area contributed by atoms with Gasteiger partial charge in [0, 0.05) is 18.5 Å². The van der Waals surface area contributed by atoms with Crippen LogP contribution in [0.1, 0.15) is 19.8 Å². The molecule has 0 radical (unpaired) electrons. The molecule has 1 fully saturated rings. The summed E-state index contributed by atoms with van der Waals surface area (Å²) in [6.45, 7) is 5.24. The highest BCUT2D eigenvalue weighted by molar-refractivity contribution is 6.10. The van der Waals surface area contributed by atoms with Crippen LogP contribution in [0.2, 0.25) is 0 Å². The maximum absolute atomic E-state index is 13.6. The van der Waals surface area contributed by atoms with Gasteiger partial charge in [0.15, 0.2) is 11.6 Å². The van der Waals surface area contributed by atoms with E-state index in [-0.39, 0.29) is 11.9 Å². The number of nitrogen functional groups attached to an aromatic ring is 1. The molecule has 6 nitrogen and oxygen atoms in total. The molecule has 0 aliphatic carbocycles. The Kier molecular flexibility index (Phi) is 3.72. The topological polar surface area (TPSA) is 80.1 Å². The number of piperidine rings is 1. The summed E-state index contributed by atoms with van der Waals surface area (Å²) in [6.07, 6.45) is 4.80. The second-order valence-electron chi connectivity index (χ2n) is 6.19. The fourth-order valence-electron chi connectivity index (χ4n) is 3.36. The second kappa shape index (κ2) is 5.90. The van der Waals surface area contributed by atoms with E-state index in [1.165, 1.54) is 12.3 Å². The normalized spacial score (nSPS) is 16.9. The molecule has 0 bridgehead atoms. The van der Waals surface area contributed by atoms with Crippen LogP contribution in [0.5, 0.6) is 5.75 Å². The molecule has 1 aliphatic rings. The molecule has 0 saturated carbocycles. The van der Waals surface area contributed by atoms with Crippen LogP contribution in [0, 0.1) is 5.82 Å². The van der Waals surface area contributed by atoms with Crippen molar-refractivity contribution in [3.8, 4) is 5.75 Å². The molecule has 0 amide bonds. The number of hydrogen-bond acceptors (Lipinski definition) is 5. The number of hydrogen-bond donors (Lipinski definition) is 2. The molecule has 7 heteroatoms. The monoisotopic (exact) mass is 329 g/mol. The molecule has 0 atom stereocenters. The Bertz CT molecular complexity index is 885. The number of nitrogens with zero attached hydrogens (tertiary/aromatic N) is 3. The van der Waals surface area contributed by atoms with E-state index in [1.807, 2.05) is 0 Å². The van der Waals surface area contributed by atoms with Gasteiger partial charge in [-0.15, -0.1) is 0 Å². The summed E-state index contributed by atoms with van der Waals surface area (Å²) in [5.41, 5.74) is 7.42. The first-order valence-corrected chi connectivity index (χ1v) is 8.26. The van der Waals surface area contributed by atoms with Crippen molar-refractivity contribution in [1.29, 1.82) is 0 Å². The Morgan fingerprint density at radius 1 is 1.33 bits per heavy atom. The predicted molar refractivity (Wildman–Crippen MR) is 91.5 cm³/mol. The van der Waals surface area contributed by atoms with Gasteiger partial charge in [-0.3, -0.25) is 0 Å². The smallest absolute Gasteiger partial charge is 0.171 e. The van der Waals surface area contributed by atoms with Crippen molar-refractivity contribution in [3.63, 3.8) is 0 Å². The quantitative estimate of drug-likeness (QED) is 0.772. The van der Waals surface area contributed by atoms with Crippen molar-refractivity contribution in [2.75, 3.05) is 25.4 Å². The largest absolute Gasteiger partial charge is 0.486 e. The molecule has 126 valence electrons. The SMILES string of the molecule is CCN1CCC(Oc2c(N)ncc3[nH]c4ncc(F)cc4c23)CC1. The summed E-state index contributed by atoms with van der Waals surface area (Å²) in [7, 11) is 0. The molecule has 0 aromatic carbocycles. The van der Waals surface area contributed by atoms with Gasteiger partial charge in [0.1, 0.15) is 17.6 Å². The summed E-state index contributed by atoms with van der Waals surface area (Å²) < 4.78 is 19.9. The number of ether oxygens (including phenoxy) is 1. The molecular weight excluding hydrogens is 309 g/mol. The Labute approximate surface area is 138 Å². The third-order valence-corrected chi connectivity index (χ3v) is 4.70. The predicted octanol–water partition coefficient (Wildman–Crippen LogP) is 2.70. The van der Waals surface area contributed by atoms with Crippen LogP contribution in [-0.2, 0) is 0 Å². The van der Waals surface area contributed by atoms with E-state index in [0.29, 0.717) is 22.6 Å². The highest BCUT2D eigenvalue weighted by atomic mass is 19.1. The van der Waals surface area contributed by atoms with Crippen molar-refractivity contribution < 1.29 is 9.13 Å². The van der Waals surface area contributed by atoms with Gasteiger partial charge in [-0.25, -0.2) is 14.4 Å². The van der Waals surface area contributed by atoms with Crippen LogP contribution in [-0.4, -0.2) is 45.6 Å². The van der Waals surface area contributed by atoms with Gasteiger partial charge in [-0.1, -0.05) is 6.92 Å². The lowest BCUT2D eigenvalue weighted by molar-refractivity contribution is 0.105. The van der Waals surface area contributed by atoms with Gasteiger partial charge in [0.25, 0.3) is 0 Å². The Morgan fingerprint density at radius 3 is 2.88 bits per heavy atom. The van der Waals surface area contributed by atoms with Gasteiger partial charge in [-0.05, 0) is 25.5 Å². The molecule has 24 heavy (non-hydrogen) atoms. The lowest BCUT2D eigenvalue weighted by Gasteiger charge is -2.31. The highest BCUT2D eigenvalue weighted by Gasteiger charge is 2.23.